The number of hydrogen-bond acceptors (Lipinski definition) is 1. The molecular weight excluding hydrogens is 268 g/mol. The molecule has 3 aromatic rings. The average molecular weight is 285 g/mol. The zero-order chi connectivity index (χ0) is 13.9. The molecule has 1 N–H and O–H groups in total. The van der Waals surface area contributed by atoms with Gasteiger partial charge in [0.15, 0.2) is 0 Å². The van der Waals surface area contributed by atoms with Gasteiger partial charge in [-0.25, -0.2) is 0 Å². The first-order chi connectivity index (χ1) is 9.74. The van der Waals surface area contributed by atoms with E-state index in [2.05, 4.69) is 47.3 Å². The molecule has 0 amide bonds. The average Bonchev–Trinajstić information content (AvgIpc) is 2.77. The first-order valence-electron chi connectivity index (χ1n) is 6.78. The summed E-state index contributed by atoms with van der Waals surface area (Å²) in [6, 6.07) is 16.3. The van der Waals surface area contributed by atoms with Gasteiger partial charge in [-0.2, -0.15) is 0 Å². The molecular formula is C17H17ClN2. The predicted molar refractivity (Wildman–Crippen MR) is 86.6 cm³/mol. The molecule has 3 heteroatoms. The second-order valence-corrected chi connectivity index (χ2v) is 5.40. The van der Waals surface area contributed by atoms with Gasteiger partial charge in [-0.1, -0.05) is 35.9 Å². The summed E-state index contributed by atoms with van der Waals surface area (Å²) >= 11 is 5.98. The van der Waals surface area contributed by atoms with Crippen molar-refractivity contribution >= 4 is 28.2 Å². The largest absolute Gasteiger partial charge is 0.383 e. The van der Waals surface area contributed by atoms with Crippen molar-refractivity contribution in [2.45, 2.75) is 13.5 Å². The van der Waals surface area contributed by atoms with E-state index in [1.807, 2.05) is 24.3 Å². The first-order valence-corrected chi connectivity index (χ1v) is 7.16. The van der Waals surface area contributed by atoms with Crippen molar-refractivity contribution in [3.05, 3.63) is 65.3 Å². The molecule has 2 aromatic carbocycles. The Morgan fingerprint density at radius 1 is 1.10 bits per heavy atom. The third kappa shape index (κ3) is 2.66. The molecule has 1 aromatic heterocycles. The van der Waals surface area contributed by atoms with Gasteiger partial charge in [0.05, 0.1) is 0 Å². The third-order valence-corrected chi connectivity index (χ3v) is 3.73. The van der Waals surface area contributed by atoms with Gasteiger partial charge >= 0.3 is 0 Å². The van der Waals surface area contributed by atoms with Crippen LogP contribution in [0.4, 0.5) is 5.69 Å². The number of nitrogens with zero attached hydrogens (tertiary/aromatic N) is 1. The van der Waals surface area contributed by atoms with E-state index in [-0.39, 0.29) is 0 Å². The minimum atomic E-state index is 0.761. The molecule has 2 nitrogen and oxygen atoms in total. The Balaban J connectivity index is 1.71. The van der Waals surface area contributed by atoms with Gasteiger partial charge in [0.25, 0.3) is 0 Å². The van der Waals surface area contributed by atoms with E-state index < -0.39 is 0 Å². The summed E-state index contributed by atoms with van der Waals surface area (Å²) in [5, 5.41) is 5.49. The van der Waals surface area contributed by atoms with Gasteiger partial charge in [-0.3, -0.25) is 0 Å². The topological polar surface area (TPSA) is 17.0 Å². The fraction of sp³-hybridized carbons (Fsp3) is 0.176. The Bertz CT molecular complexity index is 731. The lowest BCUT2D eigenvalue weighted by molar-refractivity contribution is 0.755. The number of aryl methyl sites for hydroxylation is 1. The summed E-state index contributed by atoms with van der Waals surface area (Å²) in [6.45, 7) is 3.96. The summed E-state index contributed by atoms with van der Waals surface area (Å²) in [7, 11) is 0. The van der Waals surface area contributed by atoms with Crippen LogP contribution >= 0.6 is 11.6 Å². The van der Waals surface area contributed by atoms with Crippen molar-refractivity contribution in [2.24, 2.45) is 0 Å². The van der Waals surface area contributed by atoms with Crippen LogP contribution in [-0.2, 0) is 6.54 Å². The molecule has 20 heavy (non-hydrogen) atoms. The van der Waals surface area contributed by atoms with Crippen LogP contribution in [0.5, 0.6) is 0 Å². The first kappa shape index (κ1) is 13.1. The van der Waals surface area contributed by atoms with E-state index in [1.165, 1.54) is 16.5 Å². The molecule has 0 aliphatic carbocycles. The van der Waals surface area contributed by atoms with Gasteiger partial charge in [-0.15, -0.1) is 0 Å². The Labute approximate surface area is 124 Å². The van der Waals surface area contributed by atoms with Gasteiger partial charge in [0.2, 0.25) is 0 Å². The van der Waals surface area contributed by atoms with Crippen molar-refractivity contribution < 1.29 is 0 Å². The molecule has 0 bridgehead atoms. The number of hydrogen-bond donors (Lipinski definition) is 1. The van der Waals surface area contributed by atoms with Crippen LogP contribution < -0.4 is 5.32 Å². The Morgan fingerprint density at radius 3 is 2.80 bits per heavy atom. The van der Waals surface area contributed by atoms with Crippen LogP contribution in [0, 0.1) is 6.92 Å². The molecule has 0 saturated carbocycles. The summed E-state index contributed by atoms with van der Waals surface area (Å²) < 4.78 is 2.29. The summed E-state index contributed by atoms with van der Waals surface area (Å²) in [5.41, 5.74) is 3.67. The minimum absolute atomic E-state index is 0.761. The summed E-state index contributed by atoms with van der Waals surface area (Å²) in [5.74, 6) is 0. The summed E-state index contributed by atoms with van der Waals surface area (Å²) in [6.07, 6.45) is 2.21. The molecule has 0 spiro atoms. The smallest absolute Gasteiger partial charge is 0.0483 e. The molecule has 0 atom stereocenters. The number of para-hydroxylation sites is 1. The normalized spacial score (nSPS) is 10.9. The minimum Gasteiger partial charge on any atom is -0.383 e. The number of aromatic nitrogens is 1. The van der Waals surface area contributed by atoms with Crippen molar-refractivity contribution in [1.82, 2.24) is 4.57 Å². The highest BCUT2D eigenvalue weighted by atomic mass is 35.5. The lowest BCUT2D eigenvalue weighted by Crippen LogP contribution is -2.09. The molecule has 1 heterocycles. The number of benzene rings is 2. The fourth-order valence-electron chi connectivity index (χ4n) is 2.53. The third-order valence-electron chi connectivity index (χ3n) is 3.49. The maximum Gasteiger partial charge on any atom is 0.0483 e. The predicted octanol–water partition coefficient (Wildman–Crippen LogP) is 4.72. The van der Waals surface area contributed by atoms with Gasteiger partial charge in [0, 0.05) is 40.9 Å². The molecule has 0 fully saturated rings. The Hall–Kier alpha value is -1.93. The number of anilines is 1. The zero-order valence-corrected chi connectivity index (χ0v) is 12.2. The Morgan fingerprint density at radius 2 is 1.95 bits per heavy atom. The van der Waals surface area contributed by atoms with Crippen LogP contribution in [0.1, 0.15) is 5.56 Å². The zero-order valence-electron chi connectivity index (χ0n) is 11.4. The molecule has 0 unspecified atom stereocenters. The van der Waals surface area contributed by atoms with Crippen molar-refractivity contribution in [3.8, 4) is 0 Å². The van der Waals surface area contributed by atoms with Gasteiger partial charge in [0.1, 0.15) is 0 Å². The summed E-state index contributed by atoms with van der Waals surface area (Å²) in [4.78, 5) is 0. The molecule has 102 valence electrons. The lowest BCUT2D eigenvalue weighted by atomic mass is 10.2. The van der Waals surface area contributed by atoms with E-state index in [0.29, 0.717) is 0 Å². The van der Waals surface area contributed by atoms with Crippen LogP contribution in [0.2, 0.25) is 5.02 Å². The van der Waals surface area contributed by atoms with Crippen molar-refractivity contribution in [2.75, 3.05) is 11.9 Å². The number of halogens is 1. The highest BCUT2D eigenvalue weighted by molar-refractivity contribution is 6.30. The van der Waals surface area contributed by atoms with Crippen LogP contribution in [0.3, 0.4) is 0 Å². The molecule has 3 rings (SSSR count). The van der Waals surface area contributed by atoms with E-state index in [4.69, 9.17) is 11.6 Å². The van der Waals surface area contributed by atoms with Crippen LogP contribution in [-0.4, -0.2) is 11.1 Å². The SMILES string of the molecule is Cc1cn(CCNc2cccc(Cl)c2)c2ccccc12. The monoisotopic (exact) mass is 284 g/mol. The standard InChI is InChI=1S/C17H17ClN2/c1-13-12-20(17-8-3-2-7-16(13)17)10-9-19-15-6-4-5-14(18)11-15/h2-8,11-12,19H,9-10H2,1H3. The van der Waals surface area contributed by atoms with Gasteiger partial charge in [-0.05, 0) is 36.8 Å². The van der Waals surface area contributed by atoms with Gasteiger partial charge < -0.3 is 9.88 Å². The molecule has 0 radical (unpaired) electrons. The maximum absolute atomic E-state index is 5.98. The van der Waals surface area contributed by atoms with Crippen molar-refractivity contribution in [3.63, 3.8) is 0 Å². The number of fused-ring (bicyclic) bond motifs is 1. The number of rotatable bonds is 4. The molecule has 0 aliphatic heterocycles. The quantitative estimate of drug-likeness (QED) is 0.734. The van der Waals surface area contributed by atoms with Crippen LogP contribution in [0.25, 0.3) is 10.9 Å². The maximum atomic E-state index is 5.98. The fourth-order valence-corrected chi connectivity index (χ4v) is 2.72. The Kier molecular flexibility index (Phi) is 3.66. The van der Waals surface area contributed by atoms with Crippen LogP contribution in [0.15, 0.2) is 54.7 Å². The molecule has 0 saturated heterocycles. The van der Waals surface area contributed by atoms with E-state index >= 15 is 0 Å². The second-order valence-electron chi connectivity index (χ2n) is 4.96. The molecule has 0 aliphatic rings. The highest BCUT2D eigenvalue weighted by Gasteiger charge is 2.03. The van der Waals surface area contributed by atoms with Crippen molar-refractivity contribution in [1.29, 1.82) is 0 Å². The highest BCUT2D eigenvalue weighted by Crippen LogP contribution is 2.20. The second kappa shape index (κ2) is 5.59. The lowest BCUT2D eigenvalue weighted by Gasteiger charge is -2.08. The van der Waals surface area contributed by atoms with E-state index in [1.54, 1.807) is 0 Å². The number of nitrogens with one attached hydrogen (secondary N) is 1. The van der Waals surface area contributed by atoms with E-state index in [0.717, 1.165) is 23.8 Å². The van der Waals surface area contributed by atoms with E-state index in [9.17, 15) is 0 Å².